The van der Waals surface area contributed by atoms with E-state index in [4.69, 9.17) is 0 Å². The zero-order chi connectivity index (χ0) is 7.84. The highest BCUT2D eigenvalue weighted by molar-refractivity contribution is 5.84. The van der Waals surface area contributed by atoms with E-state index in [2.05, 4.69) is 4.90 Å². The second kappa shape index (κ2) is 2.55. The van der Waals surface area contributed by atoms with E-state index < -0.39 is 6.17 Å². The molecule has 0 spiro atoms. The smallest absolute Gasteiger partial charge is 0.171 e. The molecule has 2 rings (SSSR count). The van der Waals surface area contributed by atoms with Crippen molar-refractivity contribution < 1.29 is 9.18 Å². The molecule has 2 nitrogen and oxygen atoms in total. The third-order valence-corrected chi connectivity index (χ3v) is 2.45. The summed E-state index contributed by atoms with van der Waals surface area (Å²) in [6, 6.07) is 0.598. The molecule has 2 fully saturated rings. The zero-order valence-electron chi connectivity index (χ0n) is 6.42. The van der Waals surface area contributed by atoms with Gasteiger partial charge in [-0.25, -0.2) is 4.39 Å². The van der Waals surface area contributed by atoms with Gasteiger partial charge in [0.15, 0.2) is 12.0 Å². The molecule has 1 aliphatic carbocycles. The number of hydrogen-bond acceptors (Lipinski definition) is 2. The van der Waals surface area contributed by atoms with E-state index in [1.165, 1.54) is 12.8 Å². The van der Waals surface area contributed by atoms with Gasteiger partial charge in [-0.15, -0.1) is 0 Å². The minimum absolute atomic E-state index is 0.207. The number of halogens is 1. The highest BCUT2D eigenvalue weighted by Gasteiger charge is 2.35. The number of nitrogens with zero attached hydrogens (tertiary/aromatic N) is 1. The van der Waals surface area contributed by atoms with Crippen LogP contribution in [0.25, 0.3) is 0 Å². The number of rotatable bonds is 1. The van der Waals surface area contributed by atoms with Crippen molar-refractivity contribution in [3.63, 3.8) is 0 Å². The Bertz CT molecular complexity index is 179. The summed E-state index contributed by atoms with van der Waals surface area (Å²) in [6.07, 6.45) is 1.60. The molecule has 1 aliphatic heterocycles. The molecule has 0 bridgehead atoms. The summed E-state index contributed by atoms with van der Waals surface area (Å²) in [7, 11) is 0. The van der Waals surface area contributed by atoms with Crippen molar-refractivity contribution in [3.05, 3.63) is 0 Å². The monoisotopic (exact) mass is 157 g/mol. The number of carbonyl (C=O) groups is 1. The molecular weight excluding hydrogens is 145 g/mol. The summed E-state index contributed by atoms with van der Waals surface area (Å²) < 4.78 is 12.8. The van der Waals surface area contributed by atoms with Crippen LogP contribution >= 0.6 is 0 Å². The van der Waals surface area contributed by atoms with Crippen LogP contribution in [-0.2, 0) is 4.79 Å². The summed E-state index contributed by atoms with van der Waals surface area (Å²) in [5, 5.41) is 0. The predicted octanol–water partition coefficient (Wildman–Crippen LogP) is 0.762. The van der Waals surface area contributed by atoms with E-state index in [0.29, 0.717) is 19.0 Å². The normalized spacial score (nSPS) is 34.3. The molecule has 1 saturated carbocycles. The fourth-order valence-electron chi connectivity index (χ4n) is 1.58. The van der Waals surface area contributed by atoms with Crippen LogP contribution in [0.3, 0.4) is 0 Å². The number of alkyl halides is 1. The van der Waals surface area contributed by atoms with Crippen LogP contribution in [0.15, 0.2) is 0 Å². The van der Waals surface area contributed by atoms with Crippen LogP contribution < -0.4 is 0 Å². The molecule has 1 unspecified atom stereocenters. The van der Waals surface area contributed by atoms with E-state index >= 15 is 0 Å². The highest BCUT2D eigenvalue weighted by atomic mass is 19.1. The zero-order valence-corrected chi connectivity index (χ0v) is 6.42. The Morgan fingerprint density at radius 1 is 1.45 bits per heavy atom. The number of likely N-dealkylation sites (tertiary alicyclic amines) is 1. The largest absolute Gasteiger partial charge is 0.297 e. The second-order valence-electron chi connectivity index (χ2n) is 3.41. The molecule has 0 radical (unpaired) electrons. The minimum atomic E-state index is -1.20. The van der Waals surface area contributed by atoms with Crippen LogP contribution in [0.2, 0.25) is 0 Å². The first kappa shape index (κ1) is 7.22. The van der Waals surface area contributed by atoms with E-state index in [-0.39, 0.29) is 5.78 Å². The van der Waals surface area contributed by atoms with Crippen LogP contribution in [0.5, 0.6) is 0 Å². The Hall–Kier alpha value is -0.440. The Morgan fingerprint density at radius 3 is 2.73 bits per heavy atom. The van der Waals surface area contributed by atoms with Crippen LogP contribution in [0.4, 0.5) is 4.39 Å². The summed E-state index contributed by atoms with van der Waals surface area (Å²) in [5.74, 6) is -0.207. The number of ketones is 1. The SMILES string of the molecule is O=C1CCN(C2CC2)CC1F. The average Bonchev–Trinajstić information content (AvgIpc) is 2.77. The molecule has 0 aromatic carbocycles. The molecule has 1 saturated heterocycles. The van der Waals surface area contributed by atoms with Crippen LogP contribution in [0, 0.1) is 0 Å². The summed E-state index contributed by atoms with van der Waals surface area (Å²) in [5.41, 5.74) is 0. The third-order valence-electron chi connectivity index (χ3n) is 2.45. The molecule has 0 N–H and O–H groups in total. The average molecular weight is 157 g/mol. The van der Waals surface area contributed by atoms with Gasteiger partial charge in [-0.1, -0.05) is 0 Å². The maximum absolute atomic E-state index is 12.8. The lowest BCUT2D eigenvalue weighted by Crippen LogP contribution is -2.43. The van der Waals surface area contributed by atoms with Gasteiger partial charge in [-0.2, -0.15) is 0 Å². The lowest BCUT2D eigenvalue weighted by molar-refractivity contribution is -0.127. The van der Waals surface area contributed by atoms with Gasteiger partial charge in [0, 0.05) is 25.6 Å². The van der Waals surface area contributed by atoms with Crippen molar-refractivity contribution in [2.24, 2.45) is 0 Å². The van der Waals surface area contributed by atoms with E-state index in [1.54, 1.807) is 0 Å². The van der Waals surface area contributed by atoms with Gasteiger partial charge in [-0.3, -0.25) is 9.69 Å². The van der Waals surface area contributed by atoms with Crippen LogP contribution in [-0.4, -0.2) is 36.0 Å². The lowest BCUT2D eigenvalue weighted by Gasteiger charge is -2.27. The fourth-order valence-corrected chi connectivity index (χ4v) is 1.58. The molecule has 3 heteroatoms. The molecule has 1 heterocycles. The molecule has 1 atom stereocenters. The Labute approximate surface area is 65.4 Å². The molecule has 62 valence electrons. The Kier molecular flexibility index (Phi) is 1.68. The second-order valence-corrected chi connectivity index (χ2v) is 3.41. The van der Waals surface area contributed by atoms with E-state index in [9.17, 15) is 9.18 Å². The standard InChI is InChI=1S/C8H12FNO/c9-7-5-10(6-1-2-6)4-3-8(7)11/h6-7H,1-5H2. The summed E-state index contributed by atoms with van der Waals surface area (Å²) >= 11 is 0. The van der Waals surface area contributed by atoms with Gasteiger partial charge in [-0.05, 0) is 12.8 Å². The van der Waals surface area contributed by atoms with Crippen LogP contribution in [0.1, 0.15) is 19.3 Å². The Balaban J connectivity index is 1.91. The molecule has 0 aromatic rings. The maximum atomic E-state index is 12.8. The Morgan fingerprint density at radius 2 is 2.18 bits per heavy atom. The van der Waals surface area contributed by atoms with Crippen molar-refractivity contribution in [2.45, 2.75) is 31.5 Å². The van der Waals surface area contributed by atoms with Gasteiger partial charge < -0.3 is 0 Å². The first-order chi connectivity index (χ1) is 5.27. The van der Waals surface area contributed by atoms with Crippen molar-refractivity contribution in [1.82, 2.24) is 4.90 Å². The van der Waals surface area contributed by atoms with E-state index in [0.717, 1.165) is 6.54 Å². The number of carbonyl (C=O) groups excluding carboxylic acids is 1. The summed E-state index contributed by atoms with van der Waals surface area (Å²) in [4.78, 5) is 12.9. The molecule has 0 amide bonds. The van der Waals surface area contributed by atoms with Crippen molar-refractivity contribution in [2.75, 3.05) is 13.1 Å². The van der Waals surface area contributed by atoms with Gasteiger partial charge >= 0.3 is 0 Å². The summed E-state index contributed by atoms with van der Waals surface area (Å²) in [6.45, 7) is 1.13. The molecule has 2 aliphatic rings. The molecule has 11 heavy (non-hydrogen) atoms. The van der Waals surface area contributed by atoms with Gasteiger partial charge in [0.05, 0.1) is 0 Å². The predicted molar refractivity (Wildman–Crippen MR) is 39.1 cm³/mol. The third kappa shape index (κ3) is 1.43. The minimum Gasteiger partial charge on any atom is -0.297 e. The first-order valence-corrected chi connectivity index (χ1v) is 4.18. The lowest BCUT2D eigenvalue weighted by atomic mass is 10.1. The topological polar surface area (TPSA) is 20.3 Å². The van der Waals surface area contributed by atoms with Crippen molar-refractivity contribution >= 4 is 5.78 Å². The van der Waals surface area contributed by atoms with Gasteiger partial charge in [0.25, 0.3) is 0 Å². The van der Waals surface area contributed by atoms with Gasteiger partial charge in [0.2, 0.25) is 0 Å². The number of hydrogen-bond donors (Lipinski definition) is 0. The maximum Gasteiger partial charge on any atom is 0.171 e. The molecular formula is C8H12FNO. The first-order valence-electron chi connectivity index (χ1n) is 4.18. The number of Topliss-reactive ketones (excluding diaryl/α,β-unsaturated/α-hetero) is 1. The van der Waals surface area contributed by atoms with Gasteiger partial charge in [0.1, 0.15) is 0 Å². The fraction of sp³-hybridized carbons (Fsp3) is 0.875. The van der Waals surface area contributed by atoms with Crippen molar-refractivity contribution in [1.29, 1.82) is 0 Å². The van der Waals surface area contributed by atoms with Crippen molar-refractivity contribution in [3.8, 4) is 0 Å². The quantitative estimate of drug-likeness (QED) is 0.560. The molecule has 0 aromatic heterocycles. The van der Waals surface area contributed by atoms with E-state index in [1.807, 2.05) is 0 Å². The number of piperidine rings is 1. The highest BCUT2D eigenvalue weighted by Crippen LogP contribution is 2.29.